The predicted molar refractivity (Wildman–Crippen MR) is 19.0 cm³/mol. The summed E-state index contributed by atoms with van der Waals surface area (Å²) in [6.07, 6.45) is 0. The van der Waals surface area contributed by atoms with Gasteiger partial charge in [0.05, 0.1) is 0 Å². The van der Waals surface area contributed by atoms with Crippen molar-refractivity contribution in [2.75, 3.05) is 6.67 Å². The van der Waals surface area contributed by atoms with E-state index in [0.717, 1.165) is 0 Å². The van der Waals surface area contributed by atoms with Gasteiger partial charge in [-0.05, 0) is 0 Å². The van der Waals surface area contributed by atoms with E-state index in [1.165, 1.54) is 0 Å². The van der Waals surface area contributed by atoms with Crippen LogP contribution < -0.4 is 11.5 Å². The third-order valence-corrected chi connectivity index (χ3v) is 0. The second-order valence-corrected chi connectivity index (χ2v) is 0.236. The van der Waals surface area contributed by atoms with Gasteiger partial charge in [0.2, 0.25) is 0 Å². The van der Waals surface area contributed by atoms with Gasteiger partial charge in [0.15, 0.2) is 0 Å². The normalized spacial score (nSPS) is 4.50. The molecule has 2 nitrogen and oxygen atoms in total. The van der Waals surface area contributed by atoms with Gasteiger partial charge in [-0.3, -0.25) is 0 Å². The van der Waals surface area contributed by atoms with Crippen LogP contribution in [0, 0.1) is 0 Å². The van der Waals surface area contributed by atoms with Gasteiger partial charge < -0.3 is 11.5 Å². The molecule has 0 bridgehead atoms. The van der Waals surface area contributed by atoms with Crippen LogP contribution in [0.4, 0.5) is 0 Å². The van der Waals surface area contributed by atoms with E-state index in [-0.39, 0.29) is 36.2 Å². The van der Waals surface area contributed by atoms with Crippen molar-refractivity contribution < 1.29 is 0 Å². The van der Waals surface area contributed by atoms with E-state index in [0.29, 0.717) is 0 Å². The Bertz CT molecular complexity index is 6.00. The summed E-state index contributed by atoms with van der Waals surface area (Å²) < 4.78 is 0. The maximum Gasteiger partial charge on any atom is 0.0403 e. The quantitative estimate of drug-likeness (QED) is 0.268. The molecule has 0 rings (SSSR count). The Balaban J connectivity index is 0. The molecule has 0 saturated heterocycles. The van der Waals surface area contributed by atoms with Crippen molar-refractivity contribution in [2.24, 2.45) is 11.5 Å². The first kappa shape index (κ1) is 8.87. The molecule has 0 aromatic rings. The molecule has 4 heavy (non-hydrogen) atoms. The molecule has 0 aromatic heterocycles. The predicted octanol–water partition coefficient (Wildman–Crippen LogP) is -1.52. The van der Waals surface area contributed by atoms with Crippen LogP contribution in [0.3, 0.4) is 0 Å². The molecule has 0 amide bonds. The Morgan fingerprint density at radius 2 is 1.25 bits per heavy atom. The zero-order valence-corrected chi connectivity index (χ0v) is 4.86. The topological polar surface area (TPSA) is 52.0 Å². The molecule has 4 N–H and O–H groups in total. The second kappa shape index (κ2) is 9.07. The molecule has 0 unspecified atom stereocenters. The van der Waals surface area contributed by atoms with Crippen LogP contribution in [0.25, 0.3) is 0 Å². The second-order valence-electron chi connectivity index (χ2n) is 0.236. The third-order valence-electron chi connectivity index (χ3n) is 0. The van der Waals surface area contributed by atoms with Crippen molar-refractivity contribution >= 4 is 29.6 Å². The van der Waals surface area contributed by atoms with Crippen LogP contribution >= 0.6 is 0 Å². The van der Waals surface area contributed by atoms with Crippen LogP contribution in [0.15, 0.2) is 0 Å². The van der Waals surface area contributed by atoms with Crippen LogP contribution in [-0.4, -0.2) is 36.2 Å². The maximum absolute atomic E-state index is 4.62. The number of rotatable bonds is 0. The minimum atomic E-state index is 0. The van der Waals surface area contributed by atoms with Gasteiger partial charge in [-0.2, -0.15) is 0 Å². The summed E-state index contributed by atoms with van der Waals surface area (Å²) in [5.74, 6) is 0. The van der Waals surface area contributed by atoms with Gasteiger partial charge in [0.1, 0.15) is 0 Å². The summed E-state index contributed by atoms with van der Waals surface area (Å²) in [7, 11) is 0. The van der Waals surface area contributed by atoms with Crippen LogP contribution in [-0.2, 0) is 0 Å². The van der Waals surface area contributed by atoms with Crippen molar-refractivity contribution in [2.45, 2.75) is 0 Å². The fourth-order valence-electron chi connectivity index (χ4n) is 0. The van der Waals surface area contributed by atoms with Crippen molar-refractivity contribution in [3.63, 3.8) is 0 Å². The monoisotopic (exact) mass is 69.0 g/mol. The minimum Gasteiger partial charge on any atom is -0.319 e. The fraction of sp³-hybridized carbons (Fsp3) is 1.00. The average molecular weight is 69.1 g/mol. The summed E-state index contributed by atoms with van der Waals surface area (Å²) in [5.41, 5.74) is 9.25. The van der Waals surface area contributed by atoms with E-state index >= 15 is 0 Å². The largest absolute Gasteiger partial charge is 0.319 e. The Labute approximate surface area is 47.8 Å². The summed E-state index contributed by atoms with van der Waals surface area (Å²) >= 11 is 0. The Morgan fingerprint density at radius 1 is 1.25 bits per heavy atom. The number of nitrogens with two attached hydrogens (primary N) is 2. The van der Waals surface area contributed by atoms with E-state index in [9.17, 15) is 0 Å². The van der Waals surface area contributed by atoms with Gasteiger partial charge in [-0.15, -0.1) is 0 Å². The molecule has 3 heteroatoms. The molecular weight excluding hydrogens is 63.0 g/mol. The van der Waals surface area contributed by atoms with E-state index < -0.39 is 0 Å². The Hall–Kier alpha value is 0.920. The molecule has 0 aliphatic carbocycles. The standard InChI is InChI=1S/CH6N2.Na/c2-1-3;/h1-3H2;. The average Bonchev–Trinajstić information content (AvgIpc) is 0.918. The van der Waals surface area contributed by atoms with Gasteiger partial charge in [0, 0.05) is 36.2 Å². The smallest absolute Gasteiger partial charge is 0.0403 e. The number of hydrogen-bond donors (Lipinski definition) is 2. The van der Waals surface area contributed by atoms with Gasteiger partial charge in [0.25, 0.3) is 0 Å². The van der Waals surface area contributed by atoms with Crippen LogP contribution in [0.1, 0.15) is 0 Å². The van der Waals surface area contributed by atoms with Crippen LogP contribution in [0.5, 0.6) is 0 Å². The molecule has 0 saturated carbocycles. The van der Waals surface area contributed by atoms with Gasteiger partial charge in [-0.1, -0.05) is 0 Å². The molecule has 0 fully saturated rings. The van der Waals surface area contributed by atoms with E-state index in [1.807, 2.05) is 0 Å². The van der Waals surface area contributed by atoms with Crippen molar-refractivity contribution in [1.29, 1.82) is 0 Å². The summed E-state index contributed by atoms with van der Waals surface area (Å²) in [6, 6.07) is 0. The minimum absolute atomic E-state index is 0. The Morgan fingerprint density at radius 3 is 1.25 bits per heavy atom. The molecule has 1 radical (unpaired) electrons. The zero-order valence-electron chi connectivity index (χ0n) is 2.86. The molecule has 21 valence electrons. The van der Waals surface area contributed by atoms with E-state index in [1.54, 1.807) is 0 Å². The fourth-order valence-corrected chi connectivity index (χ4v) is 0. The SMILES string of the molecule is NCN.[Na]. The molecule has 0 aliphatic heterocycles. The molecule has 0 spiro atoms. The summed E-state index contributed by atoms with van der Waals surface area (Å²) in [6.45, 7) is 0.250. The van der Waals surface area contributed by atoms with Crippen molar-refractivity contribution in [3.8, 4) is 0 Å². The van der Waals surface area contributed by atoms with Crippen molar-refractivity contribution in [3.05, 3.63) is 0 Å². The molecule has 0 heterocycles. The first-order valence-electron chi connectivity index (χ1n) is 0.816. The zero-order chi connectivity index (χ0) is 2.71. The van der Waals surface area contributed by atoms with Gasteiger partial charge in [-0.25, -0.2) is 0 Å². The summed E-state index contributed by atoms with van der Waals surface area (Å²) in [5, 5.41) is 0. The molecular formula is CH6N2Na. The molecule has 0 atom stereocenters. The Kier molecular flexibility index (Phi) is 20.1. The van der Waals surface area contributed by atoms with E-state index in [4.69, 9.17) is 0 Å². The van der Waals surface area contributed by atoms with Crippen molar-refractivity contribution in [1.82, 2.24) is 0 Å². The molecule has 0 aromatic carbocycles. The van der Waals surface area contributed by atoms with Gasteiger partial charge >= 0.3 is 0 Å². The number of hydrogen-bond acceptors (Lipinski definition) is 2. The third kappa shape index (κ3) is 12.7. The first-order chi connectivity index (χ1) is 1.41. The molecule has 0 aliphatic rings. The van der Waals surface area contributed by atoms with Crippen LogP contribution in [0.2, 0.25) is 0 Å². The summed E-state index contributed by atoms with van der Waals surface area (Å²) in [4.78, 5) is 0. The van der Waals surface area contributed by atoms with E-state index in [2.05, 4.69) is 11.5 Å². The first-order valence-corrected chi connectivity index (χ1v) is 0.816. The maximum atomic E-state index is 4.62.